The topological polar surface area (TPSA) is 69.6 Å². The minimum Gasteiger partial charge on any atom is -0.478 e. The van der Waals surface area contributed by atoms with Crippen LogP contribution in [-0.4, -0.2) is 54.5 Å². The standard InChI is InChI=1S/C12H24N2.C9H8O3.2C2H6/c1-10-3-4-11(13-9-10)7-8-14(2)12-5-6-12;10-5-4-7-2-1-3-8(6-7)9(11)12;2*1-2/h10-13H,3-9H2,1-2H3;1-3,5-6H,4H2,(H,11,12);2*1-2H3/t10-,11-;;;/m1.../s1. The minimum atomic E-state index is -0.970. The summed E-state index contributed by atoms with van der Waals surface area (Å²) in [5, 5.41) is 12.2. The maximum Gasteiger partial charge on any atom is 0.335 e. The number of aromatic carboxylic acids is 1. The summed E-state index contributed by atoms with van der Waals surface area (Å²) in [7, 11) is 2.28. The summed E-state index contributed by atoms with van der Waals surface area (Å²) in [6.45, 7) is 12.9. The van der Waals surface area contributed by atoms with Crippen LogP contribution in [0.25, 0.3) is 0 Å². The average Bonchev–Trinajstić information content (AvgIpc) is 3.62. The highest BCUT2D eigenvalue weighted by Crippen LogP contribution is 2.26. The van der Waals surface area contributed by atoms with Crippen molar-refractivity contribution in [3.8, 4) is 0 Å². The van der Waals surface area contributed by atoms with Crippen molar-refractivity contribution in [3.63, 3.8) is 0 Å². The molecule has 1 saturated heterocycles. The number of hydrogen-bond donors (Lipinski definition) is 2. The third-order valence-corrected chi connectivity index (χ3v) is 5.26. The lowest BCUT2D eigenvalue weighted by molar-refractivity contribution is -0.107. The van der Waals surface area contributed by atoms with E-state index in [1.165, 1.54) is 57.3 Å². The van der Waals surface area contributed by atoms with Crippen LogP contribution in [0.4, 0.5) is 0 Å². The van der Waals surface area contributed by atoms with Gasteiger partial charge >= 0.3 is 5.97 Å². The van der Waals surface area contributed by atoms with E-state index in [9.17, 15) is 9.59 Å². The van der Waals surface area contributed by atoms with E-state index in [1.807, 2.05) is 27.7 Å². The molecule has 2 atom stereocenters. The lowest BCUT2D eigenvalue weighted by Gasteiger charge is -2.29. The average molecular weight is 421 g/mol. The summed E-state index contributed by atoms with van der Waals surface area (Å²) >= 11 is 0. The van der Waals surface area contributed by atoms with Gasteiger partial charge in [-0.15, -0.1) is 0 Å². The molecule has 5 heteroatoms. The van der Waals surface area contributed by atoms with E-state index in [1.54, 1.807) is 12.1 Å². The van der Waals surface area contributed by atoms with Crippen LogP contribution in [0.15, 0.2) is 24.3 Å². The molecule has 1 aromatic rings. The molecular formula is C25H44N2O3. The number of carbonyl (C=O) groups is 2. The van der Waals surface area contributed by atoms with Crippen molar-refractivity contribution in [1.82, 2.24) is 10.2 Å². The molecule has 0 amide bonds. The van der Waals surface area contributed by atoms with Gasteiger partial charge in [0.15, 0.2) is 0 Å². The highest BCUT2D eigenvalue weighted by molar-refractivity contribution is 5.87. The Morgan fingerprint density at radius 1 is 1.17 bits per heavy atom. The number of piperidine rings is 1. The molecule has 1 aromatic carbocycles. The van der Waals surface area contributed by atoms with Gasteiger partial charge in [-0.2, -0.15) is 0 Å². The SMILES string of the molecule is CC.CC.C[C@@H]1CC[C@H](CCN(C)C2CC2)NC1.O=CCc1cccc(C(=O)O)c1. The second kappa shape index (κ2) is 17.0. The Hall–Kier alpha value is -1.72. The van der Waals surface area contributed by atoms with E-state index in [2.05, 4.69) is 24.2 Å². The van der Waals surface area contributed by atoms with Crippen molar-refractivity contribution in [2.45, 2.75) is 85.2 Å². The third-order valence-electron chi connectivity index (χ3n) is 5.26. The number of rotatable bonds is 7. The number of benzene rings is 1. The van der Waals surface area contributed by atoms with Gasteiger partial charge in [-0.05, 0) is 75.9 Å². The normalized spacial score (nSPS) is 19.8. The molecule has 0 radical (unpaired) electrons. The first-order chi connectivity index (χ1) is 14.5. The Morgan fingerprint density at radius 3 is 2.33 bits per heavy atom. The molecule has 2 N–H and O–H groups in total. The van der Waals surface area contributed by atoms with Crippen molar-refractivity contribution in [1.29, 1.82) is 0 Å². The molecule has 30 heavy (non-hydrogen) atoms. The van der Waals surface area contributed by atoms with E-state index < -0.39 is 5.97 Å². The first kappa shape index (κ1) is 28.3. The number of carboxylic acid groups (broad SMARTS) is 1. The van der Waals surface area contributed by atoms with E-state index in [0.29, 0.717) is 0 Å². The quantitative estimate of drug-likeness (QED) is 0.605. The number of hydrogen-bond acceptors (Lipinski definition) is 4. The molecule has 1 aliphatic carbocycles. The van der Waals surface area contributed by atoms with Gasteiger partial charge in [-0.1, -0.05) is 46.8 Å². The number of nitrogens with one attached hydrogen (secondary N) is 1. The summed E-state index contributed by atoms with van der Waals surface area (Å²) in [5.74, 6) is -0.0739. The van der Waals surface area contributed by atoms with Crippen LogP contribution in [0.2, 0.25) is 0 Å². The summed E-state index contributed by atoms with van der Waals surface area (Å²) in [4.78, 5) is 23.1. The molecule has 2 fully saturated rings. The van der Waals surface area contributed by atoms with Gasteiger partial charge in [0.2, 0.25) is 0 Å². The fourth-order valence-corrected chi connectivity index (χ4v) is 3.29. The van der Waals surface area contributed by atoms with E-state index in [-0.39, 0.29) is 12.0 Å². The zero-order valence-corrected chi connectivity index (χ0v) is 20.0. The van der Waals surface area contributed by atoms with E-state index in [0.717, 1.165) is 29.9 Å². The molecule has 3 rings (SSSR count). The second-order valence-corrected chi connectivity index (χ2v) is 7.66. The van der Waals surface area contributed by atoms with Crippen molar-refractivity contribution in [2.24, 2.45) is 5.92 Å². The zero-order chi connectivity index (χ0) is 22.9. The molecule has 1 heterocycles. The highest BCUT2D eigenvalue weighted by Gasteiger charge is 2.26. The summed E-state index contributed by atoms with van der Waals surface area (Å²) in [5.41, 5.74) is 0.944. The first-order valence-corrected chi connectivity index (χ1v) is 11.7. The van der Waals surface area contributed by atoms with E-state index >= 15 is 0 Å². The van der Waals surface area contributed by atoms with E-state index in [4.69, 9.17) is 5.11 Å². The Balaban J connectivity index is 0.000000486. The van der Waals surface area contributed by atoms with Crippen molar-refractivity contribution < 1.29 is 14.7 Å². The van der Waals surface area contributed by atoms with Crippen LogP contribution >= 0.6 is 0 Å². The maximum absolute atomic E-state index is 10.5. The lowest BCUT2D eigenvalue weighted by atomic mass is 9.95. The lowest BCUT2D eigenvalue weighted by Crippen LogP contribution is -2.40. The summed E-state index contributed by atoms with van der Waals surface area (Å²) < 4.78 is 0. The fourth-order valence-electron chi connectivity index (χ4n) is 3.29. The van der Waals surface area contributed by atoms with Crippen LogP contribution < -0.4 is 5.32 Å². The predicted molar refractivity (Wildman–Crippen MR) is 126 cm³/mol. The summed E-state index contributed by atoms with van der Waals surface area (Å²) in [6, 6.07) is 8.07. The minimum absolute atomic E-state index is 0.217. The van der Waals surface area contributed by atoms with Crippen molar-refractivity contribution in [2.75, 3.05) is 20.1 Å². The second-order valence-electron chi connectivity index (χ2n) is 7.66. The number of nitrogens with zero attached hydrogens (tertiary/aromatic N) is 1. The van der Waals surface area contributed by atoms with Crippen LogP contribution in [-0.2, 0) is 11.2 Å². The first-order valence-electron chi connectivity index (χ1n) is 11.7. The molecule has 0 unspecified atom stereocenters. The number of carboxylic acids is 1. The van der Waals surface area contributed by atoms with Gasteiger partial charge < -0.3 is 20.1 Å². The van der Waals surface area contributed by atoms with Crippen molar-refractivity contribution >= 4 is 12.3 Å². The third kappa shape index (κ3) is 12.1. The zero-order valence-electron chi connectivity index (χ0n) is 20.0. The largest absolute Gasteiger partial charge is 0.478 e. The molecule has 5 nitrogen and oxygen atoms in total. The highest BCUT2D eigenvalue weighted by atomic mass is 16.4. The summed E-state index contributed by atoms with van der Waals surface area (Å²) in [6.07, 6.45) is 8.05. The Labute approximate surface area is 184 Å². The maximum atomic E-state index is 10.5. The molecule has 0 spiro atoms. The van der Waals surface area contributed by atoms with Crippen LogP contribution in [0.5, 0.6) is 0 Å². The monoisotopic (exact) mass is 420 g/mol. The Kier molecular flexibility index (Phi) is 16.0. The van der Waals surface area contributed by atoms with Gasteiger partial charge in [-0.3, -0.25) is 0 Å². The molecule has 1 saturated carbocycles. The van der Waals surface area contributed by atoms with Crippen LogP contribution in [0, 0.1) is 5.92 Å². The van der Waals surface area contributed by atoms with Crippen molar-refractivity contribution in [3.05, 3.63) is 35.4 Å². The molecular weight excluding hydrogens is 376 g/mol. The van der Waals surface area contributed by atoms with Gasteiger partial charge in [0, 0.05) is 18.5 Å². The number of aldehydes is 1. The fraction of sp³-hybridized carbons (Fsp3) is 0.680. The Bertz CT molecular complexity index is 580. The van der Waals surface area contributed by atoms with Gasteiger partial charge in [0.25, 0.3) is 0 Å². The van der Waals surface area contributed by atoms with Gasteiger partial charge in [0.05, 0.1) is 5.56 Å². The Morgan fingerprint density at radius 2 is 1.83 bits per heavy atom. The smallest absolute Gasteiger partial charge is 0.335 e. The molecule has 0 aromatic heterocycles. The van der Waals surface area contributed by atoms with Crippen LogP contribution in [0.1, 0.15) is 82.6 Å². The number of carbonyl (C=O) groups excluding carboxylic acids is 1. The molecule has 0 bridgehead atoms. The van der Waals surface area contributed by atoms with Crippen LogP contribution in [0.3, 0.4) is 0 Å². The van der Waals surface area contributed by atoms with Gasteiger partial charge in [-0.25, -0.2) is 4.79 Å². The predicted octanol–water partition coefficient (Wildman–Crippen LogP) is 5.04. The molecule has 172 valence electrons. The van der Waals surface area contributed by atoms with Gasteiger partial charge in [0.1, 0.15) is 6.29 Å². The molecule has 1 aliphatic heterocycles. The molecule has 2 aliphatic rings.